The Morgan fingerprint density at radius 1 is 1.67 bits per heavy atom. The first-order valence-corrected chi connectivity index (χ1v) is 5.66. The lowest BCUT2D eigenvalue weighted by molar-refractivity contribution is -0.120. The van der Waals surface area contributed by atoms with Crippen molar-refractivity contribution in [3.63, 3.8) is 0 Å². The van der Waals surface area contributed by atoms with Crippen LogP contribution in [0.3, 0.4) is 0 Å². The molecule has 0 aromatic heterocycles. The molecule has 3 nitrogen and oxygen atoms in total. The van der Waals surface area contributed by atoms with Crippen molar-refractivity contribution in [3.8, 4) is 0 Å². The van der Waals surface area contributed by atoms with Crippen molar-refractivity contribution in [3.05, 3.63) is 27.7 Å². The average molecular weight is 292 g/mol. The van der Waals surface area contributed by atoms with Gasteiger partial charge in [0.1, 0.15) is 0 Å². The summed E-state index contributed by atoms with van der Waals surface area (Å²) in [6, 6.07) is 5.52. The maximum Gasteiger partial charge on any atom is 0.222 e. The van der Waals surface area contributed by atoms with E-state index in [4.69, 9.17) is 17.3 Å². The summed E-state index contributed by atoms with van der Waals surface area (Å²) in [7, 11) is 0. The van der Waals surface area contributed by atoms with E-state index in [0.29, 0.717) is 11.6 Å². The smallest absolute Gasteiger partial charge is 0.222 e. The minimum atomic E-state index is -0.323. The second kappa shape index (κ2) is 5.37. The fraction of sp³-hybridized carbons (Fsp3) is 0.300. The summed E-state index contributed by atoms with van der Waals surface area (Å²) in [6.07, 6.45) is 0. The molecule has 0 spiro atoms. The molecule has 82 valence electrons. The van der Waals surface area contributed by atoms with Gasteiger partial charge in [0.15, 0.2) is 0 Å². The number of hydrogen-bond acceptors (Lipinski definition) is 2. The number of nitrogens with one attached hydrogen (secondary N) is 1. The molecule has 1 aromatic rings. The quantitative estimate of drug-likeness (QED) is 0.896. The van der Waals surface area contributed by atoms with E-state index in [2.05, 4.69) is 21.2 Å². The summed E-state index contributed by atoms with van der Waals surface area (Å²) in [5, 5.41) is 3.68. The maximum absolute atomic E-state index is 10.8. The van der Waals surface area contributed by atoms with Gasteiger partial charge in [-0.05, 0) is 18.2 Å². The molecule has 1 atom stereocenters. The Bertz CT molecular complexity index is 370. The molecule has 1 aromatic carbocycles. The molecule has 0 aliphatic rings. The molecule has 0 bridgehead atoms. The first-order chi connectivity index (χ1) is 7.00. The molecule has 15 heavy (non-hydrogen) atoms. The highest BCUT2D eigenvalue weighted by Crippen LogP contribution is 2.25. The molecule has 0 fully saturated rings. The third-order valence-electron chi connectivity index (χ3n) is 2.02. The molecule has 1 amide bonds. The molecule has 1 unspecified atom stereocenters. The summed E-state index contributed by atoms with van der Waals surface area (Å²) < 4.78 is 0.918. The number of carbonyl (C=O) groups is 1. The highest BCUT2D eigenvalue weighted by Gasteiger charge is 2.08. The maximum atomic E-state index is 10.8. The highest BCUT2D eigenvalue weighted by atomic mass is 79.9. The van der Waals surface area contributed by atoms with E-state index in [0.717, 1.165) is 10.2 Å². The van der Waals surface area contributed by atoms with E-state index in [-0.39, 0.29) is 11.8 Å². The predicted octanol–water partition coefficient (Wildman–Crippen LogP) is 2.64. The van der Waals surface area contributed by atoms with Gasteiger partial charge in [-0.15, -0.1) is 0 Å². The van der Waals surface area contributed by atoms with Gasteiger partial charge in [0.25, 0.3) is 0 Å². The number of amides is 1. The number of benzene rings is 1. The lowest BCUT2D eigenvalue weighted by Crippen LogP contribution is -2.26. The summed E-state index contributed by atoms with van der Waals surface area (Å²) >= 11 is 9.30. The average Bonchev–Trinajstić information content (AvgIpc) is 2.15. The summed E-state index contributed by atoms with van der Waals surface area (Å²) in [5.74, 6) is -0.541. The van der Waals surface area contributed by atoms with Gasteiger partial charge < -0.3 is 11.1 Å². The second-order valence-corrected chi connectivity index (χ2v) is 4.63. The molecular weight excluding hydrogens is 279 g/mol. The molecule has 0 heterocycles. The zero-order chi connectivity index (χ0) is 11.4. The minimum Gasteiger partial charge on any atom is -0.383 e. The number of nitrogens with two attached hydrogens (primary N) is 1. The molecule has 5 heteroatoms. The van der Waals surface area contributed by atoms with E-state index >= 15 is 0 Å². The van der Waals surface area contributed by atoms with Gasteiger partial charge in [-0.2, -0.15) is 0 Å². The Balaban J connectivity index is 2.62. The van der Waals surface area contributed by atoms with Crippen LogP contribution in [0.25, 0.3) is 0 Å². The summed E-state index contributed by atoms with van der Waals surface area (Å²) in [4.78, 5) is 10.8. The monoisotopic (exact) mass is 290 g/mol. The Kier molecular flexibility index (Phi) is 4.42. The zero-order valence-electron chi connectivity index (χ0n) is 8.26. The van der Waals surface area contributed by atoms with Gasteiger partial charge in [-0.25, -0.2) is 0 Å². The van der Waals surface area contributed by atoms with Crippen LogP contribution in [0.4, 0.5) is 5.69 Å². The standard InChI is InChI=1S/C10H12BrClN2O/c1-6(10(13)15)5-14-9-3-2-7(11)4-8(9)12/h2-4,6,14H,5H2,1H3,(H2,13,15). The van der Waals surface area contributed by atoms with Crippen LogP contribution in [0.1, 0.15) is 6.92 Å². The first-order valence-electron chi connectivity index (χ1n) is 4.49. The van der Waals surface area contributed by atoms with Crippen molar-refractivity contribution in [2.45, 2.75) is 6.92 Å². The lowest BCUT2D eigenvalue weighted by Gasteiger charge is -2.11. The fourth-order valence-corrected chi connectivity index (χ4v) is 1.74. The Morgan fingerprint density at radius 3 is 2.87 bits per heavy atom. The predicted molar refractivity (Wildman–Crippen MR) is 66.0 cm³/mol. The van der Waals surface area contributed by atoms with Crippen LogP contribution in [-0.4, -0.2) is 12.5 Å². The van der Waals surface area contributed by atoms with Crippen molar-refractivity contribution >= 4 is 39.1 Å². The van der Waals surface area contributed by atoms with Gasteiger partial charge in [-0.1, -0.05) is 34.5 Å². The third-order valence-corrected chi connectivity index (χ3v) is 2.82. The molecule has 0 saturated carbocycles. The topological polar surface area (TPSA) is 55.1 Å². The van der Waals surface area contributed by atoms with Gasteiger partial charge in [0, 0.05) is 11.0 Å². The Hall–Kier alpha value is -0.740. The van der Waals surface area contributed by atoms with Crippen LogP contribution in [-0.2, 0) is 4.79 Å². The molecule has 1 rings (SSSR count). The van der Waals surface area contributed by atoms with Crippen molar-refractivity contribution < 1.29 is 4.79 Å². The normalized spacial score (nSPS) is 12.2. The van der Waals surface area contributed by atoms with E-state index in [9.17, 15) is 4.79 Å². The first kappa shape index (κ1) is 12.3. The van der Waals surface area contributed by atoms with Gasteiger partial charge in [-0.3, -0.25) is 4.79 Å². The Labute approximate surface area is 102 Å². The lowest BCUT2D eigenvalue weighted by atomic mass is 10.1. The van der Waals surface area contributed by atoms with Crippen molar-refractivity contribution in [2.75, 3.05) is 11.9 Å². The van der Waals surface area contributed by atoms with E-state index in [1.165, 1.54) is 0 Å². The summed E-state index contributed by atoms with van der Waals surface area (Å²) in [5.41, 5.74) is 5.94. The second-order valence-electron chi connectivity index (χ2n) is 3.31. The van der Waals surface area contributed by atoms with Crippen molar-refractivity contribution in [1.82, 2.24) is 0 Å². The number of rotatable bonds is 4. The molecule has 0 aliphatic heterocycles. The van der Waals surface area contributed by atoms with Gasteiger partial charge in [0.2, 0.25) is 5.91 Å². The van der Waals surface area contributed by atoms with Crippen LogP contribution in [0.5, 0.6) is 0 Å². The van der Waals surface area contributed by atoms with Crippen LogP contribution < -0.4 is 11.1 Å². The number of primary amides is 1. The minimum absolute atomic E-state index is 0.218. The SMILES string of the molecule is CC(CNc1ccc(Br)cc1Cl)C(N)=O. The van der Waals surface area contributed by atoms with E-state index in [1.54, 1.807) is 13.0 Å². The number of halogens is 2. The molecular formula is C10H12BrClN2O. The van der Waals surface area contributed by atoms with Gasteiger partial charge >= 0.3 is 0 Å². The molecule has 0 radical (unpaired) electrons. The van der Waals surface area contributed by atoms with E-state index in [1.807, 2.05) is 12.1 Å². The highest BCUT2D eigenvalue weighted by molar-refractivity contribution is 9.10. The summed E-state index contributed by atoms with van der Waals surface area (Å²) in [6.45, 7) is 2.25. The van der Waals surface area contributed by atoms with Crippen molar-refractivity contribution in [1.29, 1.82) is 0 Å². The van der Waals surface area contributed by atoms with Crippen LogP contribution in [0.15, 0.2) is 22.7 Å². The largest absolute Gasteiger partial charge is 0.383 e. The number of carbonyl (C=O) groups excluding carboxylic acids is 1. The van der Waals surface area contributed by atoms with Crippen LogP contribution in [0, 0.1) is 5.92 Å². The zero-order valence-corrected chi connectivity index (χ0v) is 10.6. The number of hydrogen-bond donors (Lipinski definition) is 2. The Morgan fingerprint density at radius 2 is 2.33 bits per heavy atom. The molecule has 0 aliphatic carbocycles. The third kappa shape index (κ3) is 3.72. The van der Waals surface area contributed by atoms with Gasteiger partial charge in [0.05, 0.1) is 16.6 Å². The number of anilines is 1. The van der Waals surface area contributed by atoms with E-state index < -0.39 is 0 Å². The fourth-order valence-electron chi connectivity index (χ4n) is 0.996. The molecule has 0 saturated heterocycles. The van der Waals surface area contributed by atoms with Crippen LogP contribution in [0.2, 0.25) is 5.02 Å². The molecule has 3 N–H and O–H groups in total. The van der Waals surface area contributed by atoms with Crippen molar-refractivity contribution in [2.24, 2.45) is 11.7 Å². The van der Waals surface area contributed by atoms with Crippen LogP contribution >= 0.6 is 27.5 Å².